The molecule has 2 bridgehead atoms. The van der Waals surface area contributed by atoms with Crippen molar-refractivity contribution in [3.05, 3.63) is 29.3 Å². The summed E-state index contributed by atoms with van der Waals surface area (Å²) in [5.41, 5.74) is 0.827. The minimum atomic E-state index is -0.491. The highest BCUT2D eigenvalue weighted by Gasteiger charge is 2.46. The van der Waals surface area contributed by atoms with Crippen molar-refractivity contribution < 1.29 is 9.59 Å². The summed E-state index contributed by atoms with van der Waals surface area (Å²) in [7, 11) is 0. The van der Waals surface area contributed by atoms with E-state index in [0.29, 0.717) is 29.9 Å². The molecule has 4 nitrogen and oxygen atoms in total. The Bertz CT molecular complexity index is 616. The lowest BCUT2D eigenvalue weighted by molar-refractivity contribution is -0.141. The lowest BCUT2D eigenvalue weighted by Gasteiger charge is -2.29. The van der Waals surface area contributed by atoms with Gasteiger partial charge >= 0.3 is 0 Å². The number of carbonyl (C=O) groups excluding carboxylic acids is 2. The second-order valence-corrected chi connectivity index (χ2v) is 7.07. The highest BCUT2D eigenvalue weighted by molar-refractivity contribution is 6.30. The molecule has 0 aromatic heterocycles. The number of hydrogen-bond acceptors (Lipinski definition) is 2. The zero-order chi connectivity index (χ0) is 15.3. The number of anilines is 1. The molecule has 5 heteroatoms. The highest BCUT2D eigenvalue weighted by atomic mass is 35.5. The van der Waals surface area contributed by atoms with E-state index in [1.165, 1.54) is 6.42 Å². The smallest absolute Gasteiger partial charge is 0.239 e. The molecule has 116 valence electrons. The standard InChI is InChI=1S/C17H19ClN2O2/c18-12-2-5-13(6-3-12)19-8-7-15(16(19)21)17(22)20-10-11-1-4-14(20)9-11/h2-3,5-6,11,14-15H,1,4,7-10H2. The molecule has 1 aliphatic carbocycles. The number of likely N-dealkylation sites (tertiary alicyclic amines) is 1. The predicted octanol–water partition coefficient (Wildman–Crippen LogP) is 2.70. The molecule has 2 saturated heterocycles. The van der Waals surface area contributed by atoms with Crippen molar-refractivity contribution in [3.63, 3.8) is 0 Å². The zero-order valence-corrected chi connectivity index (χ0v) is 13.1. The SMILES string of the molecule is O=C1C(C(=O)N2CC3CCC2C3)CCN1c1ccc(Cl)cc1. The normalized spacial score (nSPS) is 30.4. The van der Waals surface area contributed by atoms with Crippen LogP contribution < -0.4 is 4.90 Å². The summed E-state index contributed by atoms with van der Waals surface area (Å²) in [4.78, 5) is 29.1. The third-order valence-corrected chi connectivity index (χ3v) is 5.59. The highest BCUT2D eigenvalue weighted by Crippen LogP contribution is 2.39. The maximum absolute atomic E-state index is 12.7. The average Bonchev–Trinajstić information content (AvgIpc) is 3.23. The number of hydrogen-bond donors (Lipinski definition) is 0. The molecule has 3 fully saturated rings. The summed E-state index contributed by atoms with van der Waals surface area (Å²) in [5, 5.41) is 0.649. The van der Waals surface area contributed by atoms with Gasteiger partial charge in [0.25, 0.3) is 0 Å². The van der Waals surface area contributed by atoms with Crippen molar-refractivity contribution in [1.82, 2.24) is 4.90 Å². The monoisotopic (exact) mass is 318 g/mol. The fraction of sp³-hybridized carbons (Fsp3) is 0.529. The number of rotatable bonds is 2. The van der Waals surface area contributed by atoms with Crippen LogP contribution in [0.2, 0.25) is 5.02 Å². The first-order valence-electron chi connectivity index (χ1n) is 8.01. The van der Waals surface area contributed by atoms with Crippen LogP contribution >= 0.6 is 11.6 Å². The summed E-state index contributed by atoms with van der Waals surface area (Å²) < 4.78 is 0. The molecule has 1 saturated carbocycles. The van der Waals surface area contributed by atoms with E-state index in [2.05, 4.69) is 0 Å². The Morgan fingerprint density at radius 1 is 1.14 bits per heavy atom. The number of piperidine rings is 1. The number of halogens is 1. The number of amides is 2. The Kier molecular flexibility index (Phi) is 3.37. The van der Waals surface area contributed by atoms with E-state index in [1.54, 1.807) is 17.0 Å². The summed E-state index contributed by atoms with van der Waals surface area (Å²) in [6.07, 6.45) is 4.10. The fourth-order valence-electron chi connectivity index (χ4n) is 4.18. The van der Waals surface area contributed by atoms with E-state index in [-0.39, 0.29) is 11.8 Å². The predicted molar refractivity (Wildman–Crippen MR) is 84.8 cm³/mol. The topological polar surface area (TPSA) is 40.6 Å². The van der Waals surface area contributed by atoms with E-state index in [9.17, 15) is 9.59 Å². The van der Waals surface area contributed by atoms with E-state index in [0.717, 1.165) is 25.1 Å². The Labute approximate surface area is 135 Å². The molecular weight excluding hydrogens is 300 g/mol. The second kappa shape index (κ2) is 5.27. The third kappa shape index (κ3) is 2.21. The first kappa shape index (κ1) is 14.1. The minimum Gasteiger partial charge on any atom is -0.339 e. The lowest BCUT2D eigenvalue weighted by Crippen LogP contribution is -2.44. The second-order valence-electron chi connectivity index (χ2n) is 6.63. The van der Waals surface area contributed by atoms with Crippen LogP contribution in [0.25, 0.3) is 0 Å². The van der Waals surface area contributed by atoms with Gasteiger partial charge < -0.3 is 9.80 Å². The fourth-order valence-corrected chi connectivity index (χ4v) is 4.31. The molecule has 2 aliphatic heterocycles. The van der Waals surface area contributed by atoms with Gasteiger partial charge in [0, 0.05) is 29.8 Å². The van der Waals surface area contributed by atoms with Crippen molar-refractivity contribution in [2.75, 3.05) is 18.0 Å². The van der Waals surface area contributed by atoms with Crippen LogP contribution in [0.4, 0.5) is 5.69 Å². The van der Waals surface area contributed by atoms with Gasteiger partial charge in [0.1, 0.15) is 5.92 Å². The van der Waals surface area contributed by atoms with Crippen molar-refractivity contribution in [2.45, 2.75) is 31.7 Å². The molecule has 3 aliphatic rings. The molecule has 1 aromatic rings. The zero-order valence-electron chi connectivity index (χ0n) is 12.4. The molecular formula is C17H19ClN2O2. The maximum atomic E-state index is 12.7. The van der Waals surface area contributed by atoms with Crippen LogP contribution in [-0.4, -0.2) is 35.8 Å². The van der Waals surface area contributed by atoms with Gasteiger partial charge in [-0.1, -0.05) is 11.6 Å². The first-order valence-corrected chi connectivity index (χ1v) is 8.38. The van der Waals surface area contributed by atoms with Crippen molar-refractivity contribution >= 4 is 29.1 Å². The van der Waals surface area contributed by atoms with Gasteiger partial charge in [-0.25, -0.2) is 0 Å². The van der Waals surface area contributed by atoms with Crippen LogP contribution in [-0.2, 0) is 9.59 Å². The van der Waals surface area contributed by atoms with Gasteiger partial charge in [-0.15, -0.1) is 0 Å². The van der Waals surface area contributed by atoms with Crippen molar-refractivity contribution in [1.29, 1.82) is 0 Å². The number of benzene rings is 1. The van der Waals surface area contributed by atoms with Crippen LogP contribution in [0.15, 0.2) is 24.3 Å². The minimum absolute atomic E-state index is 0.0497. The Morgan fingerprint density at radius 3 is 2.55 bits per heavy atom. The van der Waals surface area contributed by atoms with Gasteiger partial charge in [0.15, 0.2) is 0 Å². The van der Waals surface area contributed by atoms with Gasteiger partial charge in [-0.2, -0.15) is 0 Å². The summed E-state index contributed by atoms with van der Waals surface area (Å²) in [5.74, 6) is 0.164. The largest absolute Gasteiger partial charge is 0.339 e. The van der Waals surface area contributed by atoms with Gasteiger partial charge in [0.05, 0.1) is 0 Å². The molecule has 3 unspecified atom stereocenters. The molecule has 2 amide bonds. The maximum Gasteiger partial charge on any atom is 0.239 e. The van der Waals surface area contributed by atoms with E-state index in [4.69, 9.17) is 11.6 Å². The van der Waals surface area contributed by atoms with Crippen molar-refractivity contribution in [2.24, 2.45) is 11.8 Å². The number of carbonyl (C=O) groups is 2. The van der Waals surface area contributed by atoms with E-state index in [1.807, 2.05) is 17.0 Å². The summed E-state index contributed by atoms with van der Waals surface area (Å²) in [6, 6.07) is 7.61. The van der Waals surface area contributed by atoms with Crippen LogP contribution in [0.5, 0.6) is 0 Å². The molecule has 0 radical (unpaired) electrons. The number of nitrogens with zero attached hydrogens (tertiary/aromatic N) is 2. The average molecular weight is 319 g/mol. The molecule has 0 spiro atoms. The van der Waals surface area contributed by atoms with Gasteiger partial charge in [0.2, 0.25) is 11.8 Å². The van der Waals surface area contributed by atoms with Gasteiger partial charge in [-0.05, 0) is 55.9 Å². The molecule has 22 heavy (non-hydrogen) atoms. The van der Waals surface area contributed by atoms with Gasteiger partial charge in [-0.3, -0.25) is 9.59 Å². The third-order valence-electron chi connectivity index (χ3n) is 5.33. The quantitative estimate of drug-likeness (QED) is 0.787. The summed E-state index contributed by atoms with van der Waals surface area (Å²) in [6.45, 7) is 1.47. The molecule has 4 rings (SSSR count). The van der Waals surface area contributed by atoms with Crippen LogP contribution in [0, 0.1) is 11.8 Å². The molecule has 1 aromatic carbocycles. The van der Waals surface area contributed by atoms with Crippen LogP contribution in [0.3, 0.4) is 0 Å². The Morgan fingerprint density at radius 2 is 1.91 bits per heavy atom. The molecule has 0 N–H and O–H groups in total. The summed E-state index contributed by atoms with van der Waals surface area (Å²) >= 11 is 5.89. The lowest BCUT2D eigenvalue weighted by atomic mass is 10.0. The van der Waals surface area contributed by atoms with E-state index < -0.39 is 5.92 Å². The molecule has 2 heterocycles. The Hall–Kier alpha value is -1.55. The number of fused-ring (bicyclic) bond motifs is 2. The Balaban J connectivity index is 1.49. The van der Waals surface area contributed by atoms with Crippen molar-refractivity contribution in [3.8, 4) is 0 Å². The first-order chi connectivity index (χ1) is 10.6. The van der Waals surface area contributed by atoms with E-state index >= 15 is 0 Å². The molecule has 3 atom stereocenters. The van der Waals surface area contributed by atoms with Crippen LogP contribution in [0.1, 0.15) is 25.7 Å².